The molecule has 0 bridgehead atoms. The summed E-state index contributed by atoms with van der Waals surface area (Å²) in [7, 11) is 0. The first-order chi connectivity index (χ1) is 10.2. The number of carbonyl (C=O) groups is 2. The summed E-state index contributed by atoms with van der Waals surface area (Å²) >= 11 is 5.84. The summed E-state index contributed by atoms with van der Waals surface area (Å²) in [5.41, 5.74) is -0.294. The fourth-order valence-electron chi connectivity index (χ4n) is 3.32. The third-order valence-electron chi connectivity index (χ3n) is 5.39. The minimum Gasteiger partial charge on any atom is -0.481 e. The molecule has 1 aliphatic carbocycles. The SMILES string of the molecule is CC1(C)[C@H](C(=O)O)CC[C@@]1(C)C(=O)NCc1ccc(Cl)cc1. The number of nitrogens with one attached hydrogen (secondary N) is 1. The number of carboxylic acids is 1. The zero-order valence-corrected chi connectivity index (χ0v) is 13.9. The Bertz CT molecular complexity index is 582. The lowest BCUT2D eigenvalue weighted by Crippen LogP contribution is -2.47. The summed E-state index contributed by atoms with van der Waals surface area (Å²) < 4.78 is 0. The standard InChI is InChI=1S/C17H22ClNO3/c1-16(2)13(14(20)21)8-9-17(16,3)15(22)19-10-11-4-6-12(18)7-5-11/h4-7,13H,8-10H2,1-3H3,(H,19,22)(H,20,21)/t13-,17-/m0/s1. The largest absolute Gasteiger partial charge is 0.481 e. The molecule has 2 rings (SSSR count). The highest BCUT2D eigenvalue weighted by Gasteiger charge is 2.58. The van der Waals surface area contributed by atoms with Gasteiger partial charge < -0.3 is 10.4 Å². The summed E-state index contributed by atoms with van der Waals surface area (Å²) in [6.45, 7) is 6.04. The van der Waals surface area contributed by atoms with Crippen molar-refractivity contribution in [3.63, 3.8) is 0 Å². The van der Waals surface area contributed by atoms with Crippen LogP contribution in [0.3, 0.4) is 0 Å². The number of carboxylic acid groups (broad SMARTS) is 1. The van der Waals surface area contributed by atoms with E-state index >= 15 is 0 Å². The zero-order chi connectivity index (χ0) is 16.5. The molecule has 22 heavy (non-hydrogen) atoms. The smallest absolute Gasteiger partial charge is 0.307 e. The molecule has 1 fully saturated rings. The molecule has 1 aromatic rings. The minimum atomic E-state index is -0.820. The maximum absolute atomic E-state index is 12.7. The third-order valence-corrected chi connectivity index (χ3v) is 5.64. The van der Waals surface area contributed by atoms with Crippen molar-refractivity contribution in [1.82, 2.24) is 5.32 Å². The van der Waals surface area contributed by atoms with Gasteiger partial charge >= 0.3 is 5.97 Å². The second-order valence-corrected chi connectivity index (χ2v) is 7.23. The molecule has 2 atom stereocenters. The third kappa shape index (κ3) is 2.84. The number of hydrogen-bond donors (Lipinski definition) is 2. The first-order valence-corrected chi connectivity index (χ1v) is 7.82. The maximum Gasteiger partial charge on any atom is 0.307 e. The molecule has 0 saturated heterocycles. The predicted octanol–water partition coefficient (Wildman–Crippen LogP) is 3.48. The van der Waals surface area contributed by atoms with E-state index < -0.39 is 22.7 Å². The highest BCUT2D eigenvalue weighted by Crippen LogP contribution is 2.56. The van der Waals surface area contributed by atoms with Gasteiger partial charge in [0.2, 0.25) is 5.91 Å². The van der Waals surface area contributed by atoms with Crippen molar-refractivity contribution in [3.8, 4) is 0 Å². The normalized spacial score (nSPS) is 26.6. The van der Waals surface area contributed by atoms with Crippen LogP contribution >= 0.6 is 11.6 Å². The summed E-state index contributed by atoms with van der Waals surface area (Å²) in [6, 6.07) is 7.30. The van der Waals surface area contributed by atoms with Crippen molar-refractivity contribution in [1.29, 1.82) is 0 Å². The highest BCUT2D eigenvalue weighted by molar-refractivity contribution is 6.30. The van der Waals surface area contributed by atoms with Crippen LogP contribution in [-0.2, 0) is 16.1 Å². The molecule has 0 unspecified atom stereocenters. The summed E-state index contributed by atoms with van der Waals surface area (Å²) in [4.78, 5) is 24.1. The van der Waals surface area contributed by atoms with E-state index in [9.17, 15) is 14.7 Å². The van der Waals surface area contributed by atoms with Gasteiger partial charge in [-0.2, -0.15) is 0 Å². The van der Waals surface area contributed by atoms with Crippen LogP contribution in [-0.4, -0.2) is 17.0 Å². The molecule has 0 spiro atoms. The molecule has 1 amide bonds. The Balaban J connectivity index is 2.08. The average molecular weight is 324 g/mol. The Morgan fingerprint density at radius 3 is 2.36 bits per heavy atom. The molecular weight excluding hydrogens is 302 g/mol. The van der Waals surface area contributed by atoms with Crippen LogP contribution in [0, 0.1) is 16.7 Å². The lowest BCUT2D eigenvalue weighted by atomic mass is 9.65. The van der Waals surface area contributed by atoms with Crippen molar-refractivity contribution in [3.05, 3.63) is 34.9 Å². The van der Waals surface area contributed by atoms with Crippen LogP contribution in [0.4, 0.5) is 0 Å². The van der Waals surface area contributed by atoms with E-state index in [-0.39, 0.29) is 5.91 Å². The van der Waals surface area contributed by atoms with Crippen LogP contribution in [0.25, 0.3) is 0 Å². The van der Waals surface area contributed by atoms with Gasteiger partial charge in [0, 0.05) is 11.6 Å². The number of carbonyl (C=O) groups excluding carboxylic acids is 1. The predicted molar refractivity (Wildman–Crippen MR) is 85.5 cm³/mol. The number of halogens is 1. The quantitative estimate of drug-likeness (QED) is 0.891. The Labute approximate surface area is 135 Å². The lowest BCUT2D eigenvalue weighted by Gasteiger charge is -2.39. The lowest BCUT2D eigenvalue weighted by molar-refractivity contribution is -0.148. The Hall–Kier alpha value is -1.55. The number of aliphatic carboxylic acids is 1. The fraction of sp³-hybridized carbons (Fsp3) is 0.529. The topological polar surface area (TPSA) is 66.4 Å². The van der Waals surface area contributed by atoms with E-state index in [1.165, 1.54) is 0 Å². The monoisotopic (exact) mass is 323 g/mol. The van der Waals surface area contributed by atoms with Crippen molar-refractivity contribution in [2.45, 2.75) is 40.2 Å². The van der Waals surface area contributed by atoms with Crippen LogP contribution in [0.15, 0.2) is 24.3 Å². The van der Waals surface area contributed by atoms with Gasteiger partial charge in [-0.3, -0.25) is 9.59 Å². The minimum absolute atomic E-state index is 0.0869. The molecule has 0 aromatic heterocycles. The van der Waals surface area contributed by atoms with Gasteiger partial charge in [0.25, 0.3) is 0 Å². The second kappa shape index (κ2) is 5.92. The molecule has 0 aliphatic heterocycles. The van der Waals surface area contributed by atoms with E-state index in [0.29, 0.717) is 24.4 Å². The van der Waals surface area contributed by atoms with Gasteiger partial charge in [-0.15, -0.1) is 0 Å². The molecule has 0 heterocycles. The maximum atomic E-state index is 12.7. The van der Waals surface area contributed by atoms with E-state index in [1.54, 1.807) is 12.1 Å². The Morgan fingerprint density at radius 2 is 1.86 bits per heavy atom. The van der Waals surface area contributed by atoms with E-state index in [1.807, 2.05) is 32.9 Å². The summed E-state index contributed by atoms with van der Waals surface area (Å²) in [5.74, 6) is -1.39. The first kappa shape index (κ1) is 16.8. The van der Waals surface area contributed by atoms with Crippen LogP contribution < -0.4 is 5.32 Å². The van der Waals surface area contributed by atoms with Gasteiger partial charge in [-0.25, -0.2) is 0 Å². The van der Waals surface area contributed by atoms with E-state index in [4.69, 9.17) is 11.6 Å². The number of hydrogen-bond acceptors (Lipinski definition) is 2. The molecular formula is C17H22ClNO3. The fourth-order valence-corrected chi connectivity index (χ4v) is 3.44. The second-order valence-electron chi connectivity index (χ2n) is 6.79. The summed E-state index contributed by atoms with van der Waals surface area (Å²) in [5, 5.41) is 12.9. The molecule has 0 radical (unpaired) electrons. The van der Waals surface area contributed by atoms with E-state index in [0.717, 1.165) is 5.56 Å². The number of benzene rings is 1. The van der Waals surface area contributed by atoms with Gasteiger partial charge in [-0.05, 0) is 36.0 Å². The van der Waals surface area contributed by atoms with Crippen LogP contribution in [0.1, 0.15) is 39.2 Å². The van der Waals surface area contributed by atoms with Crippen LogP contribution in [0.5, 0.6) is 0 Å². The summed E-state index contributed by atoms with van der Waals surface area (Å²) in [6.07, 6.45) is 1.12. The van der Waals surface area contributed by atoms with Crippen molar-refractivity contribution in [2.24, 2.45) is 16.7 Å². The average Bonchev–Trinajstić information content (AvgIpc) is 2.69. The molecule has 1 saturated carbocycles. The van der Waals surface area contributed by atoms with E-state index in [2.05, 4.69) is 5.32 Å². The van der Waals surface area contributed by atoms with Crippen molar-refractivity contribution < 1.29 is 14.7 Å². The molecule has 4 nitrogen and oxygen atoms in total. The van der Waals surface area contributed by atoms with Gasteiger partial charge in [0.05, 0.1) is 11.3 Å². The van der Waals surface area contributed by atoms with Crippen molar-refractivity contribution >= 4 is 23.5 Å². The first-order valence-electron chi connectivity index (χ1n) is 7.44. The van der Waals surface area contributed by atoms with Crippen LogP contribution in [0.2, 0.25) is 5.02 Å². The Morgan fingerprint density at radius 1 is 1.27 bits per heavy atom. The van der Waals surface area contributed by atoms with Gasteiger partial charge in [-0.1, -0.05) is 44.5 Å². The molecule has 2 N–H and O–H groups in total. The Kier molecular flexibility index (Phi) is 4.52. The van der Waals surface area contributed by atoms with Crippen molar-refractivity contribution in [2.75, 3.05) is 0 Å². The van der Waals surface area contributed by atoms with Gasteiger partial charge in [0.1, 0.15) is 0 Å². The molecule has 1 aromatic carbocycles. The highest BCUT2D eigenvalue weighted by atomic mass is 35.5. The van der Waals surface area contributed by atoms with Gasteiger partial charge in [0.15, 0.2) is 0 Å². The molecule has 1 aliphatic rings. The molecule has 5 heteroatoms. The number of amides is 1. The zero-order valence-electron chi connectivity index (χ0n) is 13.1. The molecule has 120 valence electrons. The number of rotatable bonds is 4.